The average molecular weight is 354 g/mol. The topological polar surface area (TPSA) is 62.3 Å². The van der Waals surface area contributed by atoms with Crippen LogP contribution in [0.4, 0.5) is 0 Å². The van der Waals surface area contributed by atoms with Crippen LogP contribution in [-0.4, -0.2) is 43.4 Å². The number of nitrogens with one attached hydrogen (secondary N) is 1. The highest BCUT2D eigenvalue weighted by Crippen LogP contribution is 2.33. The summed E-state index contributed by atoms with van der Waals surface area (Å²) in [6, 6.07) is 5.24. The Balaban J connectivity index is 2.02. The van der Waals surface area contributed by atoms with E-state index in [9.17, 15) is 8.42 Å². The van der Waals surface area contributed by atoms with E-state index in [0.717, 1.165) is 15.2 Å². The van der Waals surface area contributed by atoms with E-state index < -0.39 is 10.0 Å². The number of piperazine rings is 1. The number of hydrogen-bond acceptors (Lipinski definition) is 5. The molecule has 1 aliphatic rings. The van der Waals surface area contributed by atoms with Gasteiger partial charge in [-0.25, -0.2) is 13.4 Å². The first-order valence-electron chi connectivity index (χ1n) is 7.83. The van der Waals surface area contributed by atoms with Gasteiger partial charge in [0.05, 0.1) is 20.1 Å². The van der Waals surface area contributed by atoms with Gasteiger partial charge in [0, 0.05) is 31.1 Å². The largest absolute Gasteiger partial charge is 0.314 e. The number of thiazole rings is 1. The summed E-state index contributed by atoms with van der Waals surface area (Å²) in [5.74, 6) is 0. The van der Waals surface area contributed by atoms with Gasteiger partial charge in [-0.15, -0.1) is 11.3 Å². The van der Waals surface area contributed by atoms with Gasteiger partial charge in [-0.3, -0.25) is 0 Å². The number of fused-ring (bicyclic) bond motifs is 1. The normalized spacial score (nSPS) is 21.0. The maximum atomic E-state index is 12.9. The summed E-state index contributed by atoms with van der Waals surface area (Å²) < 4.78 is 28.4. The minimum absolute atomic E-state index is 0.0314. The van der Waals surface area contributed by atoms with Crippen LogP contribution in [0.3, 0.4) is 0 Å². The van der Waals surface area contributed by atoms with Crippen molar-refractivity contribution in [1.29, 1.82) is 0 Å². The Morgan fingerprint density at radius 1 is 1.35 bits per heavy atom. The molecule has 1 fully saturated rings. The van der Waals surface area contributed by atoms with Crippen molar-refractivity contribution in [2.75, 3.05) is 19.6 Å². The van der Waals surface area contributed by atoms with Gasteiger partial charge in [-0.2, -0.15) is 4.31 Å². The number of benzene rings is 1. The lowest BCUT2D eigenvalue weighted by atomic mass is 9.98. The Labute approximate surface area is 141 Å². The summed E-state index contributed by atoms with van der Waals surface area (Å²) in [7, 11) is -3.46. The molecule has 7 heteroatoms. The van der Waals surface area contributed by atoms with Crippen molar-refractivity contribution < 1.29 is 8.42 Å². The molecule has 0 aliphatic carbocycles. The zero-order valence-corrected chi connectivity index (χ0v) is 15.6. The maximum absolute atomic E-state index is 12.9. The first kappa shape index (κ1) is 16.8. The molecule has 1 unspecified atom stereocenters. The highest BCUT2D eigenvalue weighted by atomic mass is 32.2. The number of aromatic nitrogens is 1. The van der Waals surface area contributed by atoms with Gasteiger partial charge < -0.3 is 5.32 Å². The molecule has 126 valence electrons. The van der Waals surface area contributed by atoms with E-state index in [-0.39, 0.29) is 11.5 Å². The average Bonchev–Trinajstić information content (AvgIpc) is 2.90. The fraction of sp³-hybridized carbons (Fsp3) is 0.562. The molecule has 1 aromatic carbocycles. The number of sulfonamides is 1. The lowest BCUT2D eigenvalue weighted by molar-refractivity contribution is 0.284. The van der Waals surface area contributed by atoms with Crippen molar-refractivity contribution in [3.8, 4) is 0 Å². The van der Waals surface area contributed by atoms with Gasteiger partial charge in [-0.1, -0.05) is 20.8 Å². The monoisotopic (exact) mass is 353 g/mol. The molecule has 3 rings (SSSR count). The Hall–Kier alpha value is -1.02. The molecule has 2 heterocycles. The smallest absolute Gasteiger partial charge is 0.243 e. The van der Waals surface area contributed by atoms with Crippen molar-refractivity contribution in [3.05, 3.63) is 23.2 Å². The SMILES string of the molecule is CC1CNCCN1S(=O)(=O)c1ccc2nc(C(C)(C)C)sc2c1. The molecular formula is C16H23N3O2S2. The summed E-state index contributed by atoms with van der Waals surface area (Å²) in [5, 5.41) is 4.25. The van der Waals surface area contributed by atoms with Crippen molar-refractivity contribution in [2.45, 2.75) is 44.0 Å². The quantitative estimate of drug-likeness (QED) is 0.901. The molecule has 1 aliphatic heterocycles. The van der Waals surface area contributed by atoms with Gasteiger partial charge in [0.15, 0.2) is 0 Å². The molecule has 1 aromatic heterocycles. The Morgan fingerprint density at radius 3 is 2.74 bits per heavy atom. The molecule has 0 radical (unpaired) electrons. The van der Waals surface area contributed by atoms with E-state index in [0.29, 0.717) is 24.5 Å². The third-order valence-electron chi connectivity index (χ3n) is 4.05. The predicted molar refractivity (Wildman–Crippen MR) is 94.5 cm³/mol. The standard InChI is InChI=1S/C16H23N3O2S2/c1-11-10-17-7-8-19(11)23(20,21)12-5-6-13-14(9-12)22-15(18-13)16(2,3)4/h5-6,9,11,17H,7-8,10H2,1-4H3. The molecular weight excluding hydrogens is 330 g/mol. The first-order valence-corrected chi connectivity index (χ1v) is 10.1. The van der Waals surface area contributed by atoms with Crippen LogP contribution in [0.15, 0.2) is 23.1 Å². The Morgan fingerprint density at radius 2 is 2.09 bits per heavy atom. The zero-order chi connectivity index (χ0) is 16.8. The molecule has 23 heavy (non-hydrogen) atoms. The number of nitrogens with zero attached hydrogens (tertiary/aromatic N) is 2. The number of rotatable bonds is 2. The van der Waals surface area contributed by atoms with Crippen LogP contribution in [0.2, 0.25) is 0 Å². The van der Waals surface area contributed by atoms with Gasteiger partial charge >= 0.3 is 0 Å². The van der Waals surface area contributed by atoms with Gasteiger partial charge in [0.25, 0.3) is 0 Å². The molecule has 0 saturated carbocycles. The second kappa shape index (κ2) is 5.81. The minimum atomic E-state index is -3.46. The first-order chi connectivity index (χ1) is 10.7. The van der Waals surface area contributed by atoms with Crippen LogP contribution in [0.1, 0.15) is 32.7 Å². The maximum Gasteiger partial charge on any atom is 0.243 e. The third kappa shape index (κ3) is 3.15. The molecule has 1 saturated heterocycles. The van der Waals surface area contributed by atoms with E-state index in [4.69, 9.17) is 0 Å². The predicted octanol–water partition coefficient (Wildman–Crippen LogP) is 2.58. The summed E-state index contributed by atoms with van der Waals surface area (Å²) in [6.07, 6.45) is 0. The van der Waals surface area contributed by atoms with E-state index in [1.54, 1.807) is 27.8 Å². The van der Waals surface area contributed by atoms with Crippen molar-refractivity contribution in [3.63, 3.8) is 0 Å². The molecule has 5 nitrogen and oxygen atoms in total. The lowest BCUT2D eigenvalue weighted by Gasteiger charge is -2.32. The van der Waals surface area contributed by atoms with Crippen LogP contribution in [0.25, 0.3) is 10.2 Å². The Kier molecular flexibility index (Phi) is 4.25. The molecule has 1 N–H and O–H groups in total. The molecule has 0 bridgehead atoms. The summed E-state index contributed by atoms with van der Waals surface area (Å²) in [5.41, 5.74) is 0.836. The summed E-state index contributed by atoms with van der Waals surface area (Å²) in [6.45, 7) is 10.2. The van der Waals surface area contributed by atoms with E-state index >= 15 is 0 Å². The third-order valence-corrected chi connectivity index (χ3v) is 7.50. The molecule has 0 spiro atoms. The summed E-state index contributed by atoms with van der Waals surface area (Å²) in [4.78, 5) is 5.00. The molecule has 0 amide bonds. The fourth-order valence-electron chi connectivity index (χ4n) is 2.70. The molecule has 1 atom stereocenters. The van der Waals surface area contributed by atoms with E-state index in [1.165, 1.54) is 0 Å². The fourth-order valence-corrected chi connectivity index (χ4v) is 5.50. The highest BCUT2D eigenvalue weighted by molar-refractivity contribution is 7.89. The van der Waals surface area contributed by atoms with Crippen LogP contribution >= 0.6 is 11.3 Å². The second-order valence-electron chi connectivity index (χ2n) is 7.07. The summed E-state index contributed by atoms with van der Waals surface area (Å²) >= 11 is 1.58. The van der Waals surface area contributed by atoms with Crippen LogP contribution < -0.4 is 5.32 Å². The van der Waals surface area contributed by atoms with E-state index in [2.05, 4.69) is 31.1 Å². The van der Waals surface area contributed by atoms with Gasteiger partial charge in [0.1, 0.15) is 0 Å². The Bertz CT molecular complexity index is 821. The van der Waals surface area contributed by atoms with Crippen LogP contribution in [0, 0.1) is 0 Å². The van der Waals surface area contributed by atoms with E-state index in [1.807, 2.05) is 13.0 Å². The minimum Gasteiger partial charge on any atom is -0.314 e. The van der Waals surface area contributed by atoms with Crippen molar-refractivity contribution in [1.82, 2.24) is 14.6 Å². The molecule has 2 aromatic rings. The van der Waals surface area contributed by atoms with Crippen LogP contribution in [0.5, 0.6) is 0 Å². The van der Waals surface area contributed by atoms with Crippen LogP contribution in [-0.2, 0) is 15.4 Å². The van der Waals surface area contributed by atoms with Gasteiger partial charge in [-0.05, 0) is 25.1 Å². The zero-order valence-electron chi connectivity index (χ0n) is 14.0. The van der Waals surface area contributed by atoms with Crippen molar-refractivity contribution in [2.24, 2.45) is 0 Å². The highest BCUT2D eigenvalue weighted by Gasteiger charge is 2.31. The lowest BCUT2D eigenvalue weighted by Crippen LogP contribution is -2.52. The van der Waals surface area contributed by atoms with Gasteiger partial charge in [0.2, 0.25) is 10.0 Å². The van der Waals surface area contributed by atoms with Crippen molar-refractivity contribution >= 4 is 31.6 Å². The second-order valence-corrected chi connectivity index (χ2v) is 9.99. The number of hydrogen-bond donors (Lipinski definition) is 1.